The first-order valence-corrected chi connectivity index (χ1v) is 6.15. The van der Waals surface area contributed by atoms with Crippen LogP contribution < -0.4 is 5.73 Å². The Kier molecular flexibility index (Phi) is 5.08. The third kappa shape index (κ3) is 4.44. The van der Waals surface area contributed by atoms with E-state index in [-0.39, 0.29) is 24.3 Å². The molecule has 0 spiro atoms. The van der Waals surface area contributed by atoms with Crippen molar-refractivity contribution in [2.24, 2.45) is 5.73 Å². The van der Waals surface area contributed by atoms with Gasteiger partial charge in [-0.25, -0.2) is 4.39 Å². The van der Waals surface area contributed by atoms with Gasteiger partial charge in [0.25, 0.3) is 0 Å². The molecule has 0 radical (unpaired) electrons. The van der Waals surface area contributed by atoms with Crippen molar-refractivity contribution < 1.29 is 9.18 Å². The van der Waals surface area contributed by atoms with E-state index >= 15 is 0 Å². The average molecular weight is 303 g/mol. The van der Waals surface area contributed by atoms with E-state index < -0.39 is 0 Å². The van der Waals surface area contributed by atoms with Crippen molar-refractivity contribution in [3.8, 4) is 0 Å². The number of nitrogens with two attached hydrogens (primary N) is 1. The van der Waals surface area contributed by atoms with Crippen LogP contribution in [0.4, 0.5) is 4.39 Å². The van der Waals surface area contributed by atoms with Gasteiger partial charge in [0.15, 0.2) is 0 Å². The minimum Gasteiger partial charge on any atom is -0.369 e. The average Bonchev–Trinajstić information content (AvgIpc) is 2.21. The fraction of sp³-hybridized carbons (Fsp3) is 0.417. The lowest BCUT2D eigenvalue weighted by Crippen LogP contribution is -2.37. The Bertz CT molecular complexity index is 409. The number of halogens is 2. The van der Waals surface area contributed by atoms with Gasteiger partial charge >= 0.3 is 0 Å². The lowest BCUT2D eigenvalue weighted by molar-refractivity contribution is -0.119. The first-order chi connectivity index (χ1) is 7.90. The van der Waals surface area contributed by atoms with Crippen LogP contribution in [-0.2, 0) is 11.3 Å². The molecule has 0 aliphatic rings. The lowest BCUT2D eigenvalue weighted by atomic mass is 10.2. The topological polar surface area (TPSA) is 46.3 Å². The number of hydrogen-bond acceptors (Lipinski definition) is 2. The van der Waals surface area contributed by atoms with Gasteiger partial charge in [-0.05, 0) is 47.5 Å². The summed E-state index contributed by atoms with van der Waals surface area (Å²) in [6.07, 6.45) is 0. The molecule has 0 bridgehead atoms. The fourth-order valence-corrected chi connectivity index (χ4v) is 1.92. The summed E-state index contributed by atoms with van der Waals surface area (Å²) in [5.74, 6) is -0.653. The minimum atomic E-state index is -0.361. The van der Waals surface area contributed by atoms with Gasteiger partial charge in [0, 0.05) is 12.6 Å². The molecule has 0 atom stereocenters. The summed E-state index contributed by atoms with van der Waals surface area (Å²) in [6, 6.07) is 5.02. The minimum absolute atomic E-state index is 0.200. The molecule has 5 heteroatoms. The summed E-state index contributed by atoms with van der Waals surface area (Å²) in [7, 11) is 0. The Morgan fingerprint density at radius 3 is 2.65 bits per heavy atom. The van der Waals surface area contributed by atoms with Gasteiger partial charge in [-0.1, -0.05) is 6.07 Å². The van der Waals surface area contributed by atoms with Crippen LogP contribution in [-0.4, -0.2) is 23.4 Å². The number of nitrogens with zero attached hydrogens (tertiary/aromatic N) is 1. The second kappa shape index (κ2) is 6.12. The predicted octanol–water partition coefficient (Wildman–Crippen LogP) is 2.28. The largest absolute Gasteiger partial charge is 0.369 e. The lowest BCUT2D eigenvalue weighted by Gasteiger charge is -2.25. The van der Waals surface area contributed by atoms with E-state index in [1.54, 1.807) is 12.1 Å². The molecule has 0 aliphatic heterocycles. The smallest absolute Gasteiger partial charge is 0.231 e. The third-order valence-corrected chi connectivity index (χ3v) is 3.07. The maximum Gasteiger partial charge on any atom is 0.231 e. The van der Waals surface area contributed by atoms with E-state index in [0.29, 0.717) is 11.0 Å². The van der Waals surface area contributed by atoms with E-state index in [9.17, 15) is 9.18 Å². The van der Waals surface area contributed by atoms with E-state index in [1.165, 1.54) is 6.07 Å². The number of rotatable bonds is 5. The van der Waals surface area contributed by atoms with E-state index in [1.807, 2.05) is 18.7 Å². The zero-order chi connectivity index (χ0) is 13.0. The van der Waals surface area contributed by atoms with Gasteiger partial charge in [0.05, 0.1) is 11.0 Å². The maximum atomic E-state index is 13.1. The molecule has 0 saturated carbocycles. The van der Waals surface area contributed by atoms with Crippen molar-refractivity contribution in [1.82, 2.24) is 4.90 Å². The van der Waals surface area contributed by atoms with Crippen molar-refractivity contribution in [1.29, 1.82) is 0 Å². The Morgan fingerprint density at radius 1 is 1.53 bits per heavy atom. The molecule has 17 heavy (non-hydrogen) atoms. The third-order valence-electron chi connectivity index (χ3n) is 2.46. The van der Waals surface area contributed by atoms with Crippen LogP contribution in [0.2, 0.25) is 0 Å². The zero-order valence-electron chi connectivity index (χ0n) is 9.91. The summed E-state index contributed by atoms with van der Waals surface area (Å²) in [4.78, 5) is 12.9. The number of amides is 1. The second-order valence-corrected chi connectivity index (χ2v) is 5.07. The van der Waals surface area contributed by atoms with Crippen LogP contribution in [0.25, 0.3) is 0 Å². The SMILES string of the molecule is CC(C)N(CC(N)=O)Cc1ccc(F)c(Br)c1. The molecule has 0 unspecified atom stereocenters. The molecule has 1 aromatic carbocycles. The van der Waals surface area contributed by atoms with Gasteiger partial charge < -0.3 is 5.73 Å². The summed E-state index contributed by atoms with van der Waals surface area (Å²) in [6.45, 7) is 4.75. The van der Waals surface area contributed by atoms with Gasteiger partial charge in [-0.3, -0.25) is 9.69 Å². The van der Waals surface area contributed by atoms with Crippen molar-refractivity contribution in [2.45, 2.75) is 26.4 Å². The van der Waals surface area contributed by atoms with Crippen molar-refractivity contribution in [3.05, 3.63) is 34.1 Å². The molecule has 0 aliphatic carbocycles. The molecule has 3 nitrogen and oxygen atoms in total. The van der Waals surface area contributed by atoms with Crippen molar-refractivity contribution in [2.75, 3.05) is 6.54 Å². The molecular weight excluding hydrogens is 287 g/mol. The Labute approximate surface area is 109 Å². The number of hydrogen-bond donors (Lipinski definition) is 1. The fourth-order valence-electron chi connectivity index (χ4n) is 1.49. The summed E-state index contributed by atoms with van der Waals surface area (Å²) >= 11 is 3.14. The predicted molar refractivity (Wildman–Crippen MR) is 68.8 cm³/mol. The first-order valence-electron chi connectivity index (χ1n) is 5.36. The Morgan fingerprint density at radius 2 is 2.18 bits per heavy atom. The summed E-state index contributed by atoms with van der Waals surface area (Å²) in [5.41, 5.74) is 6.13. The zero-order valence-corrected chi connectivity index (χ0v) is 11.5. The number of carbonyl (C=O) groups is 1. The van der Waals surface area contributed by atoms with Crippen LogP contribution in [0.5, 0.6) is 0 Å². The highest BCUT2D eigenvalue weighted by atomic mass is 79.9. The highest BCUT2D eigenvalue weighted by Gasteiger charge is 2.13. The number of benzene rings is 1. The monoisotopic (exact) mass is 302 g/mol. The van der Waals surface area contributed by atoms with Crippen LogP contribution >= 0.6 is 15.9 Å². The van der Waals surface area contributed by atoms with Crippen LogP contribution in [0.1, 0.15) is 19.4 Å². The van der Waals surface area contributed by atoms with E-state index in [4.69, 9.17) is 5.73 Å². The summed E-state index contributed by atoms with van der Waals surface area (Å²) in [5, 5.41) is 0. The van der Waals surface area contributed by atoms with E-state index in [2.05, 4.69) is 15.9 Å². The second-order valence-electron chi connectivity index (χ2n) is 4.21. The molecule has 0 aromatic heterocycles. The van der Waals surface area contributed by atoms with Gasteiger partial charge in [-0.15, -0.1) is 0 Å². The quantitative estimate of drug-likeness (QED) is 0.907. The van der Waals surface area contributed by atoms with E-state index in [0.717, 1.165) is 5.56 Å². The first kappa shape index (κ1) is 14.1. The van der Waals surface area contributed by atoms with Crippen LogP contribution in [0.3, 0.4) is 0 Å². The molecule has 0 fully saturated rings. The maximum absolute atomic E-state index is 13.1. The van der Waals surface area contributed by atoms with Crippen molar-refractivity contribution in [3.63, 3.8) is 0 Å². The molecule has 0 saturated heterocycles. The molecule has 1 aromatic rings. The number of carbonyl (C=O) groups excluding carboxylic acids is 1. The Balaban J connectivity index is 2.78. The Hall–Kier alpha value is -0.940. The molecule has 1 rings (SSSR count). The van der Waals surface area contributed by atoms with Crippen LogP contribution in [0, 0.1) is 5.82 Å². The van der Waals surface area contributed by atoms with Gasteiger partial charge in [0.1, 0.15) is 5.82 Å². The molecule has 94 valence electrons. The van der Waals surface area contributed by atoms with Crippen LogP contribution in [0.15, 0.2) is 22.7 Å². The molecule has 2 N–H and O–H groups in total. The van der Waals surface area contributed by atoms with Gasteiger partial charge in [0.2, 0.25) is 5.91 Å². The highest BCUT2D eigenvalue weighted by Crippen LogP contribution is 2.18. The molecule has 0 heterocycles. The molecular formula is C12H16BrFN2O. The summed E-state index contributed by atoms with van der Waals surface area (Å²) < 4.78 is 13.5. The number of primary amides is 1. The highest BCUT2D eigenvalue weighted by molar-refractivity contribution is 9.10. The van der Waals surface area contributed by atoms with Crippen molar-refractivity contribution >= 4 is 21.8 Å². The molecule has 1 amide bonds. The van der Waals surface area contributed by atoms with Gasteiger partial charge in [-0.2, -0.15) is 0 Å². The normalized spacial score (nSPS) is 11.2. The standard InChI is InChI=1S/C12H16BrFN2O/c1-8(2)16(7-12(15)17)6-9-3-4-11(14)10(13)5-9/h3-5,8H,6-7H2,1-2H3,(H2,15,17).